The lowest BCUT2D eigenvalue weighted by Crippen LogP contribution is -2.21. The summed E-state index contributed by atoms with van der Waals surface area (Å²) in [4.78, 5) is 3.03. The minimum absolute atomic E-state index is 0.363. The molecule has 0 radical (unpaired) electrons. The van der Waals surface area contributed by atoms with Gasteiger partial charge in [-0.15, -0.1) is 11.3 Å². The molecule has 96 valence electrons. The van der Waals surface area contributed by atoms with Crippen molar-refractivity contribution in [1.82, 2.24) is 5.32 Å². The molecule has 1 aromatic heterocycles. The fraction of sp³-hybridized carbons (Fsp3) is 0.692. The van der Waals surface area contributed by atoms with E-state index in [1.165, 1.54) is 22.8 Å². The second-order valence-corrected chi connectivity index (χ2v) is 6.59. The topological polar surface area (TPSA) is 21.3 Å². The summed E-state index contributed by atoms with van der Waals surface area (Å²) in [6.07, 6.45) is 2.34. The van der Waals surface area contributed by atoms with Crippen LogP contribution in [0.2, 0.25) is 0 Å². The molecular formula is C13H21NOS2. The van der Waals surface area contributed by atoms with E-state index in [9.17, 15) is 0 Å². The number of likely N-dealkylation sites (N-methyl/N-ethyl adjacent to an activating group) is 1. The van der Waals surface area contributed by atoms with Gasteiger partial charge >= 0.3 is 0 Å². The van der Waals surface area contributed by atoms with E-state index in [0.29, 0.717) is 6.04 Å². The van der Waals surface area contributed by atoms with E-state index in [2.05, 4.69) is 18.3 Å². The number of nitrogens with one attached hydrogen (secondary N) is 1. The molecule has 1 unspecified atom stereocenters. The van der Waals surface area contributed by atoms with Crippen LogP contribution in [0.4, 0.5) is 0 Å². The van der Waals surface area contributed by atoms with Gasteiger partial charge in [0.25, 0.3) is 0 Å². The van der Waals surface area contributed by atoms with Gasteiger partial charge < -0.3 is 10.1 Å². The molecule has 0 aromatic carbocycles. The highest BCUT2D eigenvalue weighted by atomic mass is 32.2. The lowest BCUT2D eigenvalue weighted by molar-refractivity contribution is 0.115. The van der Waals surface area contributed by atoms with Crippen LogP contribution in [0.1, 0.15) is 34.7 Å². The molecule has 1 aliphatic heterocycles. The first-order chi connectivity index (χ1) is 8.35. The van der Waals surface area contributed by atoms with Crippen molar-refractivity contribution < 1.29 is 4.74 Å². The summed E-state index contributed by atoms with van der Waals surface area (Å²) in [6.45, 7) is 3.80. The number of aryl methyl sites for hydroxylation is 1. The van der Waals surface area contributed by atoms with Gasteiger partial charge in [0, 0.05) is 22.1 Å². The molecule has 0 amide bonds. The van der Waals surface area contributed by atoms with Gasteiger partial charge in [0.1, 0.15) is 0 Å². The molecule has 2 heterocycles. The summed E-state index contributed by atoms with van der Waals surface area (Å²) in [5.41, 5.74) is 1.55. The van der Waals surface area contributed by atoms with Crippen LogP contribution in [0.5, 0.6) is 0 Å². The fourth-order valence-electron chi connectivity index (χ4n) is 2.00. The number of fused-ring (bicyclic) bond motifs is 1. The van der Waals surface area contributed by atoms with E-state index < -0.39 is 0 Å². The number of ether oxygens (including phenoxy) is 1. The third-order valence-electron chi connectivity index (χ3n) is 2.97. The Balaban J connectivity index is 2.00. The summed E-state index contributed by atoms with van der Waals surface area (Å²) in [7, 11) is 2.02. The van der Waals surface area contributed by atoms with Crippen molar-refractivity contribution in [3.8, 4) is 0 Å². The Labute approximate surface area is 112 Å². The predicted molar refractivity (Wildman–Crippen MR) is 77.1 cm³/mol. The predicted octanol–water partition coefficient (Wildman–Crippen LogP) is 3.22. The number of hydrogen-bond donors (Lipinski definition) is 1. The van der Waals surface area contributed by atoms with Crippen LogP contribution in [-0.2, 0) is 16.9 Å². The number of hydrogen-bond acceptors (Lipinski definition) is 4. The van der Waals surface area contributed by atoms with Crippen LogP contribution in [0.3, 0.4) is 0 Å². The standard InChI is InChI=1S/C13H21NOS2/c1-3-5-15-8-11(14-2)13-7-10-9-16-6-4-12(10)17-13/h7,11,14H,3-6,8-9H2,1-2H3. The summed E-state index contributed by atoms with van der Waals surface area (Å²) < 4.78 is 5.66. The first-order valence-corrected chi connectivity index (χ1v) is 8.26. The van der Waals surface area contributed by atoms with Gasteiger partial charge in [-0.25, -0.2) is 0 Å². The third kappa shape index (κ3) is 3.47. The molecule has 0 fully saturated rings. The van der Waals surface area contributed by atoms with Gasteiger partial charge in [0.15, 0.2) is 0 Å². The van der Waals surface area contributed by atoms with E-state index in [0.717, 1.165) is 19.6 Å². The lowest BCUT2D eigenvalue weighted by Gasteiger charge is -2.14. The van der Waals surface area contributed by atoms with Crippen molar-refractivity contribution in [3.05, 3.63) is 21.4 Å². The first kappa shape index (κ1) is 13.4. The molecule has 4 heteroatoms. The Hall–Kier alpha value is -0.0300. The van der Waals surface area contributed by atoms with Gasteiger partial charge in [-0.3, -0.25) is 0 Å². The molecule has 0 saturated carbocycles. The molecule has 0 spiro atoms. The van der Waals surface area contributed by atoms with Gasteiger partial charge in [0.2, 0.25) is 0 Å². The molecule has 1 N–H and O–H groups in total. The average Bonchev–Trinajstić information content (AvgIpc) is 2.78. The summed E-state index contributed by atoms with van der Waals surface area (Å²) in [5.74, 6) is 2.47. The van der Waals surface area contributed by atoms with Gasteiger partial charge in [0.05, 0.1) is 12.6 Å². The van der Waals surface area contributed by atoms with Crippen LogP contribution in [0, 0.1) is 0 Å². The average molecular weight is 271 g/mol. The van der Waals surface area contributed by atoms with Crippen molar-refractivity contribution >= 4 is 23.1 Å². The van der Waals surface area contributed by atoms with Crippen LogP contribution in [-0.4, -0.2) is 26.0 Å². The molecule has 1 aliphatic rings. The van der Waals surface area contributed by atoms with Crippen molar-refractivity contribution in [2.45, 2.75) is 31.6 Å². The molecule has 0 aliphatic carbocycles. The zero-order valence-corrected chi connectivity index (χ0v) is 12.3. The molecule has 2 nitrogen and oxygen atoms in total. The smallest absolute Gasteiger partial charge is 0.0669 e. The van der Waals surface area contributed by atoms with E-state index >= 15 is 0 Å². The maximum Gasteiger partial charge on any atom is 0.0669 e. The quantitative estimate of drug-likeness (QED) is 0.803. The first-order valence-electron chi connectivity index (χ1n) is 6.29. The van der Waals surface area contributed by atoms with E-state index in [1.807, 2.05) is 30.1 Å². The van der Waals surface area contributed by atoms with Crippen molar-refractivity contribution in [2.24, 2.45) is 0 Å². The lowest BCUT2D eigenvalue weighted by atomic mass is 10.2. The highest BCUT2D eigenvalue weighted by Gasteiger charge is 2.18. The van der Waals surface area contributed by atoms with Crippen molar-refractivity contribution in [3.63, 3.8) is 0 Å². The number of rotatable bonds is 6. The van der Waals surface area contributed by atoms with Gasteiger partial charge in [-0.2, -0.15) is 11.8 Å². The monoisotopic (exact) mass is 271 g/mol. The fourth-order valence-corrected chi connectivity index (χ4v) is 4.47. The van der Waals surface area contributed by atoms with E-state index in [1.54, 1.807) is 10.4 Å². The maximum atomic E-state index is 5.66. The van der Waals surface area contributed by atoms with E-state index in [4.69, 9.17) is 4.74 Å². The Bertz CT molecular complexity index is 328. The Morgan fingerprint density at radius 2 is 2.41 bits per heavy atom. The van der Waals surface area contributed by atoms with Crippen molar-refractivity contribution in [2.75, 3.05) is 26.0 Å². The SMILES string of the molecule is CCCOCC(NC)c1cc2c(s1)CCSC2. The van der Waals surface area contributed by atoms with Gasteiger partial charge in [-0.1, -0.05) is 6.92 Å². The minimum atomic E-state index is 0.363. The second-order valence-electron chi connectivity index (χ2n) is 4.32. The molecule has 17 heavy (non-hydrogen) atoms. The second kappa shape index (κ2) is 6.78. The maximum absolute atomic E-state index is 5.66. The molecule has 1 aromatic rings. The zero-order valence-electron chi connectivity index (χ0n) is 10.6. The normalized spacial score (nSPS) is 16.8. The molecule has 0 bridgehead atoms. The molecular weight excluding hydrogens is 250 g/mol. The van der Waals surface area contributed by atoms with Crippen molar-refractivity contribution in [1.29, 1.82) is 0 Å². The summed E-state index contributed by atoms with van der Waals surface area (Å²) in [6, 6.07) is 2.74. The summed E-state index contributed by atoms with van der Waals surface area (Å²) >= 11 is 4.02. The number of thioether (sulfide) groups is 1. The summed E-state index contributed by atoms with van der Waals surface area (Å²) in [5, 5.41) is 3.37. The molecule has 1 atom stereocenters. The highest BCUT2D eigenvalue weighted by molar-refractivity contribution is 7.98. The third-order valence-corrected chi connectivity index (χ3v) is 5.33. The number of thiophene rings is 1. The largest absolute Gasteiger partial charge is 0.379 e. The van der Waals surface area contributed by atoms with Crippen LogP contribution < -0.4 is 5.32 Å². The Morgan fingerprint density at radius 1 is 1.53 bits per heavy atom. The molecule has 2 rings (SSSR count). The molecule has 0 saturated heterocycles. The van der Waals surface area contributed by atoms with Crippen LogP contribution in [0.25, 0.3) is 0 Å². The Morgan fingerprint density at radius 3 is 3.12 bits per heavy atom. The highest BCUT2D eigenvalue weighted by Crippen LogP contribution is 2.34. The zero-order chi connectivity index (χ0) is 12.1. The van der Waals surface area contributed by atoms with Crippen LogP contribution >= 0.6 is 23.1 Å². The Kier molecular flexibility index (Phi) is 5.35. The van der Waals surface area contributed by atoms with Crippen LogP contribution in [0.15, 0.2) is 6.07 Å². The van der Waals surface area contributed by atoms with Gasteiger partial charge in [-0.05, 0) is 37.3 Å². The van der Waals surface area contributed by atoms with E-state index in [-0.39, 0.29) is 0 Å². The minimum Gasteiger partial charge on any atom is -0.379 e.